The first-order valence-electron chi connectivity index (χ1n) is 25.2. The topological polar surface area (TPSA) is 516 Å². The van der Waals surface area contributed by atoms with Gasteiger partial charge in [0.25, 0.3) is 0 Å². The maximum atomic E-state index is 14.3. The van der Waals surface area contributed by atoms with Crippen molar-refractivity contribution in [3.63, 3.8) is 0 Å². The molecule has 0 unspecified atom stereocenters. The van der Waals surface area contributed by atoms with Gasteiger partial charge in [0.05, 0.1) is 44.5 Å². The van der Waals surface area contributed by atoms with Gasteiger partial charge in [-0.1, -0.05) is 44.2 Å². The lowest BCUT2D eigenvalue weighted by molar-refractivity contribution is -0.146. The summed E-state index contributed by atoms with van der Waals surface area (Å²) in [6.45, 7) is 5.00. The Bertz CT molecular complexity index is 2260. The summed E-state index contributed by atoms with van der Waals surface area (Å²) in [5, 5.41) is 81.8. The van der Waals surface area contributed by atoms with E-state index in [9.17, 15) is 88.2 Å². The van der Waals surface area contributed by atoms with E-state index in [1.807, 2.05) is 0 Å². The molecule has 0 saturated carbocycles. The zero-order valence-corrected chi connectivity index (χ0v) is 45.1. The number of hydrogen-bond donors (Lipinski definition) is 18. The lowest BCUT2D eigenvalue weighted by Gasteiger charge is -2.34. The minimum atomic E-state index is -1.99. The Morgan fingerprint density at radius 1 is 0.532 bits per heavy atom. The summed E-state index contributed by atoms with van der Waals surface area (Å²) in [6, 6.07) is -8.90. The second kappa shape index (κ2) is 34.5. The van der Waals surface area contributed by atoms with Crippen LogP contribution in [0.3, 0.4) is 0 Å². The number of primary amides is 1. The summed E-state index contributed by atoms with van der Waals surface area (Å²) in [5.74, 6) is -14.2. The number of nitrogens with zero attached hydrogens (tertiary/aromatic N) is 1. The predicted molar refractivity (Wildman–Crippen MR) is 277 cm³/mol. The molecular formula is C48H79N13O18. The van der Waals surface area contributed by atoms with E-state index in [0.29, 0.717) is 23.3 Å². The van der Waals surface area contributed by atoms with E-state index in [1.54, 1.807) is 30.3 Å². The molecule has 0 bridgehead atoms. The average Bonchev–Trinajstić information content (AvgIpc) is 3.38. The van der Waals surface area contributed by atoms with Crippen LogP contribution in [0.1, 0.15) is 72.8 Å². The summed E-state index contributed by atoms with van der Waals surface area (Å²) in [5.41, 5.74) is 16.6. The average molecular weight is 1130 g/mol. The summed E-state index contributed by atoms with van der Waals surface area (Å²) in [7, 11) is 1.04. The number of aliphatic hydroxyl groups excluding tert-OH is 5. The Morgan fingerprint density at radius 2 is 0.975 bits per heavy atom. The van der Waals surface area contributed by atoms with Gasteiger partial charge >= 0.3 is 5.97 Å². The Hall–Kier alpha value is -7.42. The number of carboxylic acid groups (broad SMARTS) is 1. The molecule has 21 N–H and O–H groups in total. The van der Waals surface area contributed by atoms with Gasteiger partial charge in [0.1, 0.15) is 60.4 Å². The van der Waals surface area contributed by atoms with Crippen molar-refractivity contribution in [2.45, 2.75) is 152 Å². The highest BCUT2D eigenvalue weighted by Crippen LogP contribution is 2.13. The number of aliphatic carboxylic acids is 1. The van der Waals surface area contributed by atoms with Crippen molar-refractivity contribution >= 4 is 70.9 Å². The number of carbonyl (C=O) groups excluding carboxylic acids is 11. The zero-order valence-electron chi connectivity index (χ0n) is 45.1. The molecule has 0 aliphatic rings. The third kappa shape index (κ3) is 23.2. The molecule has 444 valence electrons. The number of benzene rings is 1. The van der Waals surface area contributed by atoms with Gasteiger partial charge in [-0.2, -0.15) is 0 Å². The van der Waals surface area contributed by atoms with Crippen molar-refractivity contribution in [3.8, 4) is 0 Å². The molecule has 11 amide bonds. The Balaban J connectivity index is 3.42. The van der Waals surface area contributed by atoms with Crippen LogP contribution < -0.4 is 65.1 Å². The normalized spacial score (nSPS) is 16.1. The first kappa shape index (κ1) is 69.6. The minimum Gasteiger partial charge on any atom is -0.480 e. The molecule has 0 spiro atoms. The third-order valence-corrected chi connectivity index (χ3v) is 11.9. The molecule has 0 fully saturated rings. The van der Waals surface area contributed by atoms with Gasteiger partial charge in [0, 0.05) is 13.5 Å². The summed E-state index contributed by atoms with van der Waals surface area (Å²) in [6.07, 6.45) is -5.57. The van der Waals surface area contributed by atoms with Crippen LogP contribution in [0.2, 0.25) is 0 Å². The largest absolute Gasteiger partial charge is 0.480 e. The molecular weight excluding hydrogens is 1050 g/mol. The fourth-order valence-electron chi connectivity index (χ4n) is 7.49. The van der Waals surface area contributed by atoms with Crippen LogP contribution in [0.15, 0.2) is 30.3 Å². The summed E-state index contributed by atoms with van der Waals surface area (Å²) < 4.78 is 0. The number of carboxylic acids is 1. The van der Waals surface area contributed by atoms with Crippen LogP contribution in [0.4, 0.5) is 0 Å². The lowest BCUT2D eigenvalue weighted by atomic mass is 10.0. The second-order valence-electron chi connectivity index (χ2n) is 19.0. The molecule has 0 aliphatic heterocycles. The van der Waals surface area contributed by atoms with E-state index in [2.05, 4.69) is 47.9 Å². The summed E-state index contributed by atoms with van der Waals surface area (Å²) >= 11 is 0. The highest BCUT2D eigenvalue weighted by molar-refractivity contribution is 6.00. The number of unbranched alkanes of at least 4 members (excludes halogenated alkanes) is 1. The molecule has 1 aromatic carbocycles. The lowest BCUT2D eigenvalue weighted by Crippen LogP contribution is -2.64. The van der Waals surface area contributed by atoms with Crippen LogP contribution in [0, 0.1) is 5.92 Å². The SMILES string of the molecule is CC(C)[C@H](NC(=O)[C@@H](NC(=O)[C@@H](NC(=O)[C@H](CO)NC(=O)[C@H]([C@@H](C)O)N(C)C(=O)[C@H](Cc1ccccc1)NC(=O)[C@H](CC(N)=O)NC(=O)[C@H](CO)NC(=O)CN)[C@@H](C)O)[C@@H](C)O)C(=O)N[C@@H](CCCCN)C(=O)N[C@@H](C)C(=O)O. The van der Waals surface area contributed by atoms with E-state index in [0.717, 1.165) is 27.8 Å². The number of carbonyl (C=O) groups is 12. The zero-order chi connectivity index (χ0) is 60.4. The maximum Gasteiger partial charge on any atom is 0.325 e. The quantitative estimate of drug-likeness (QED) is 0.0281. The second-order valence-corrected chi connectivity index (χ2v) is 19.0. The highest BCUT2D eigenvalue weighted by atomic mass is 16.4. The van der Waals surface area contributed by atoms with Crippen molar-refractivity contribution in [3.05, 3.63) is 35.9 Å². The van der Waals surface area contributed by atoms with Gasteiger partial charge in [-0.3, -0.25) is 57.5 Å². The van der Waals surface area contributed by atoms with Crippen molar-refractivity contribution < 1.29 is 88.2 Å². The van der Waals surface area contributed by atoms with Crippen molar-refractivity contribution in [2.24, 2.45) is 23.1 Å². The van der Waals surface area contributed by atoms with Gasteiger partial charge < -0.3 is 101 Å². The smallest absolute Gasteiger partial charge is 0.325 e. The first-order chi connectivity index (χ1) is 36.9. The van der Waals surface area contributed by atoms with E-state index in [-0.39, 0.29) is 19.4 Å². The minimum absolute atomic E-state index is 0.0389. The Morgan fingerprint density at radius 3 is 1.44 bits per heavy atom. The number of hydrogen-bond acceptors (Lipinski definition) is 19. The van der Waals surface area contributed by atoms with E-state index >= 15 is 0 Å². The van der Waals surface area contributed by atoms with Gasteiger partial charge in [-0.05, 0) is 65.0 Å². The van der Waals surface area contributed by atoms with Crippen LogP contribution in [0.5, 0.6) is 0 Å². The predicted octanol–water partition coefficient (Wildman–Crippen LogP) is -8.73. The Labute approximate surface area is 455 Å². The molecule has 0 radical (unpaired) electrons. The van der Waals surface area contributed by atoms with Crippen molar-refractivity contribution in [1.82, 2.24) is 52.8 Å². The fraction of sp³-hybridized carbons (Fsp3) is 0.625. The van der Waals surface area contributed by atoms with Crippen molar-refractivity contribution in [2.75, 3.05) is 33.4 Å². The number of rotatable bonds is 35. The maximum absolute atomic E-state index is 14.3. The Kier molecular flexibility index (Phi) is 30.4. The molecule has 1 aromatic rings. The van der Waals surface area contributed by atoms with Gasteiger partial charge in [-0.15, -0.1) is 0 Å². The molecule has 79 heavy (non-hydrogen) atoms. The molecule has 1 rings (SSSR count). The third-order valence-electron chi connectivity index (χ3n) is 11.9. The van der Waals surface area contributed by atoms with Crippen LogP contribution in [-0.2, 0) is 64.0 Å². The number of aliphatic hydroxyl groups is 5. The van der Waals surface area contributed by atoms with Crippen LogP contribution in [0.25, 0.3) is 0 Å². The molecule has 0 saturated heterocycles. The fourth-order valence-corrected chi connectivity index (χ4v) is 7.49. The van der Waals surface area contributed by atoms with E-state index in [1.165, 1.54) is 20.8 Å². The summed E-state index contributed by atoms with van der Waals surface area (Å²) in [4.78, 5) is 159. The molecule has 13 atom stereocenters. The van der Waals surface area contributed by atoms with Gasteiger partial charge in [-0.25, -0.2) is 0 Å². The van der Waals surface area contributed by atoms with Crippen LogP contribution in [-0.4, -0.2) is 219 Å². The monoisotopic (exact) mass is 1130 g/mol. The van der Waals surface area contributed by atoms with Gasteiger partial charge in [0.15, 0.2) is 0 Å². The van der Waals surface area contributed by atoms with Crippen molar-refractivity contribution in [1.29, 1.82) is 0 Å². The number of likely N-dealkylation sites (N-methyl/N-ethyl adjacent to an activating group) is 1. The van der Waals surface area contributed by atoms with Gasteiger partial charge in [0.2, 0.25) is 65.0 Å². The number of nitrogens with one attached hydrogen (secondary N) is 9. The van der Waals surface area contributed by atoms with E-state index < -0.39 is 182 Å². The number of nitrogens with two attached hydrogens (primary N) is 3. The molecule has 31 heteroatoms. The molecule has 31 nitrogen and oxygen atoms in total. The molecule has 0 aromatic heterocycles. The standard InChI is InChI=1S/C48H79N13O18/c1-22(2)35(43(73)54-28(15-11-12-16-49)39(69)52-23(3)48(78)79)58-44(74)37(25(5)65)60-45(75)36(24(4)64)59-42(72)32(21-63)57-46(76)38(26(6)66)61(7)47(77)30(17-27-13-9-8-10-14-27)56-40(70)29(18-33(51)67)55-41(71)31(20-62)53-34(68)19-50/h8-10,13-14,22-26,28-32,35-38,62-66H,11-12,15-21,49-50H2,1-7H3,(H2,51,67)(H,52,69)(H,53,68)(H,54,73)(H,55,71)(H,56,70)(H,57,76)(H,58,74)(H,59,72)(H,60,75)(H,78,79)/t23-,24+,25+,26+,28-,29-,30-,31-,32-,35-,36-,37-,38-/m0/s1. The van der Waals surface area contributed by atoms with E-state index in [4.69, 9.17) is 17.2 Å². The first-order valence-corrected chi connectivity index (χ1v) is 25.2. The number of amides is 11. The highest BCUT2D eigenvalue weighted by Gasteiger charge is 2.40. The van der Waals surface area contributed by atoms with Crippen LogP contribution >= 0.6 is 0 Å². The molecule has 0 aliphatic carbocycles. The molecule has 0 heterocycles.